The van der Waals surface area contributed by atoms with Gasteiger partial charge in [-0.25, -0.2) is 4.39 Å². The van der Waals surface area contributed by atoms with Gasteiger partial charge >= 0.3 is 0 Å². The second-order valence-corrected chi connectivity index (χ2v) is 7.50. The van der Waals surface area contributed by atoms with Gasteiger partial charge in [-0.2, -0.15) is 9.97 Å². The minimum absolute atomic E-state index is 0.0278. The van der Waals surface area contributed by atoms with E-state index in [1.807, 2.05) is 13.8 Å². The molecule has 29 heavy (non-hydrogen) atoms. The summed E-state index contributed by atoms with van der Waals surface area (Å²) in [5.74, 6) is 1.87. The molecule has 1 aliphatic rings. The Morgan fingerprint density at radius 2 is 1.86 bits per heavy atom. The van der Waals surface area contributed by atoms with E-state index in [0.29, 0.717) is 42.1 Å². The predicted octanol–water partition coefficient (Wildman–Crippen LogP) is 3.33. The quantitative estimate of drug-likeness (QED) is 0.649. The highest BCUT2D eigenvalue weighted by Crippen LogP contribution is 2.29. The van der Waals surface area contributed by atoms with Gasteiger partial charge in [0.1, 0.15) is 12.2 Å². The molecule has 0 radical (unpaired) electrons. The van der Waals surface area contributed by atoms with Crippen LogP contribution in [-0.4, -0.2) is 44.2 Å². The molecule has 3 heterocycles. The van der Waals surface area contributed by atoms with Gasteiger partial charge in [0.05, 0.1) is 0 Å². The fourth-order valence-corrected chi connectivity index (χ4v) is 3.31. The van der Waals surface area contributed by atoms with Crippen molar-refractivity contribution in [2.24, 2.45) is 0 Å². The first-order valence-corrected chi connectivity index (χ1v) is 9.69. The lowest BCUT2D eigenvalue weighted by molar-refractivity contribution is -0.132. The van der Waals surface area contributed by atoms with Crippen LogP contribution in [0.4, 0.5) is 4.39 Å². The van der Waals surface area contributed by atoms with Crippen molar-refractivity contribution in [3.63, 3.8) is 0 Å². The number of hydrogen-bond donors (Lipinski definition) is 0. The highest BCUT2D eigenvalue weighted by molar-refractivity contribution is 5.77. The average molecular weight is 399 g/mol. The number of benzene rings is 1. The Morgan fingerprint density at radius 1 is 1.14 bits per heavy atom. The molecule has 0 spiro atoms. The number of piperidine rings is 1. The van der Waals surface area contributed by atoms with Crippen LogP contribution >= 0.6 is 0 Å². The second-order valence-electron chi connectivity index (χ2n) is 7.50. The summed E-state index contributed by atoms with van der Waals surface area (Å²) in [4.78, 5) is 23.0. The Bertz CT molecular complexity index is 974. The predicted molar refractivity (Wildman–Crippen MR) is 100 cm³/mol. The lowest BCUT2D eigenvalue weighted by Gasteiger charge is -2.30. The van der Waals surface area contributed by atoms with Crippen molar-refractivity contribution in [2.45, 2.75) is 44.9 Å². The summed E-state index contributed by atoms with van der Waals surface area (Å²) >= 11 is 0. The SMILES string of the molecule is CC(C)c1noc(CC(=O)N2CCC(c3nc(-c4ccc(F)cc4)no3)CC2)n1. The maximum absolute atomic E-state index is 13.1. The molecule has 2 aromatic heterocycles. The Kier molecular flexibility index (Phi) is 5.37. The molecule has 0 bridgehead atoms. The molecule has 1 aliphatic heterocycles. The number of rotatable bonds is 5. The largest absolute Gasteiger partial charge is 0.342 e. The third-order valence-corrected chi connectivity index (χ3v) is 5.04. The number of halogens is 1. The molecule has 1 saturated heterocycles. The molecule has 1 amide bonds. The molecule has 1 aromatic carbocycles. The minimum Gasteiger partial charge on any atom is -0.342 e. The van der Waals surface area contributed by atoms with E-state index in [9.17, 15) is 9.18 Å². The normalized spacial score (nSPS) is 15.2. The molecule has 9 heteroatoms. The van der Waals surface area contributed by atoms with Gasteiger partial charge in [0.25, 0.3) is 0 Å². The lowest BCUT2D eigenvalue weighted by Crippen LogP contribution is -2.38. The second kappa shape index (κ2) is 8.10. The molecule has 0 unspecified atom stereocenters. The number of likely N-dealkylation sites (tertiary alicyclic amines) is 1. The van der Waals surface area contributed by atoms with Crippen molar-refractivity contribution in [3.8, 4) is 11.4 Å². The summed E-state index contributed by atoms with van der Waals surface area (Å²) < 4.78 is 23.6. The van der Waals surface area contributed by atoms with Crippen molar-refractivity contribution >= 4 is 5.91 Å². The van der Waals surface area contributed by atoms with Crippen LogP contribution < -0.4 is 0 Å². The minimum atomic E-state index is -0.310. The summed E-state index contributed by atoms with van der Waals surface area (Å²) in [5.41, 5.74) is 0.703. The fraction of sp³-hybridized carbons (Fsp3) is 0.450. The maximum atomic E-state index is 13.1. The van der Waals surface area contributed by atoms with Gasteiger partial charge in [-0.1, -0.05) is 24.2 Å². The van der Waals surface area contributed by atoms with Gasteiger partial charge < -0.3 is 13.9 Å². The number of carbonyl (C=O) groups is 1. The maximum Gasteiger partial charge on any atom is 0.236 e. The Morgan fingerprint density at radius 3 is 2.52 bits per heavy atom. The van der Waals surface area contributed by atoms with Gasteiger partial charge in [0.15, 0.2) is 5.82 Å². The molecular formula is C20H22FN5O3. The van der Waals surface area contributed by atoms with Crippen molar-refractivity contribution in [1.29, 1.82) is 0 Å². The number of carbonyl (C=O) groups excluding carboxylic acids is 1. The van der Waals surface area contributed by atoms with E-state index < -0.39 is 0 Å². The molecule has 152 valence electrons. The number of amides is 1. The zero-order valence-corrected chi connectivity index (χ0v) is 16.3. The molecule has 0 saturated carbocycles. The molecule has 0 atom stereocenters. The third kappa shape index (κ3) is 4.33. The van der Waals surface area contributed by atoms with Crippen LogP contribution in [0.1, 0.15) is 56.1 Å². The van der Waals surface area contributed by atoms with E-state index in [1.165, 1.54) is 12.1 Å². The zero-order valence-electron chi connectivity index (χ0n) is 16.3. The highest BCUT2D eigenvalue weighted by atomic mass is 19.1. The third-order valence-electron chi connectivity index (χ3n) is 5.04. The molecule has 0 aliphatic carbocycles. The van der Waals surface area contributed by atoms with Crippen LogP contribution in [0.2, 0.25) is 0 Å². The fourth-order valence-electron chi connectivity index (χ4n) is 3.31. The van der Waals surface area contributed by atoms with Crippen LogP contribution in [0.15, 0.2) is 33.3 Å². The zero-order chi connectivity index (χ0) is 20.4. The van der Waals surface area contributed by atoms with Crippen molar-refractivity contribution in [3.05, 3.63) is 47.7 Å². The van der Waals surface area contributed by atoms with Gasteiger partial charge in [-0.15, -0.1) is 0 Å². The van der Waals surface area contributed by atoms with Crippen LogP contribution in [0.3, 0.4) is 0 Å². The Balaban J connectivity index is 1.33. The summed E-state index contributed by atoms with van der Waals surface area (Å²) in [5, 5.41) is 7.89. The van der Waals surface area contributed by atoms with E-state index >= 15 is 0 Å². The number of nitrogens with zero attached hydrogens (tertiary/aromatic N) is 5. The van der Waals surface area contributed by atoms with E-state index in [0.717, 1.165) is 12.8 Å². The smallest absolute Gasteiger partial charge is 0.236 e. The number of aromatic nitrogens is 4. The van der Waals surface area contributed by atoms with E-state index in [1.54, 1.807) is 17.0 Å². The Labute approximate surface area is 167 Å². The monoisotopic (exact) mass is 399 g/mol. The summed E-state index contributed by atoms with van der Waals surface area (Å²) in [6.07, 6.45) is 1.58. The van der Waals surface area contributed by atoms with E-state index in [-0.39, 0.29) is 30.0 Å². The topological polar surface area (TPSA) is 98.2 Å². The van der Waals surface area contributed by atoms with Gasteiger partial charge in [-0.3, -0.25) is 4.79 Å². The Hall–Kier alpha value is -3.10. The lowest BCUT2D eigenvalue weighted by atomic mass is 9.96. The van der Waals surface area contributed by atoms with E-state index in [2.05, 4.69) is 20.3 Å². The van der Waals surface area contributed by atoms with Crippen LogP contribution in [0.25, 0.3) is 11.4 Å². The molecule has 3 aromatic rings. The highest BCUT2D eigenvalue weighted by Gasteiger charge is 2.28. The molecule has 8 nitrogen and oxygen atoms in total. The summed E-state index contributed by atoms with van der Waals surface area (Å²) in [7, 11) is 0. The molecular weight excluding hydrogens is 377 g/mol. The standard InChI is InChI=1S/C20H22FN5O3/c1-12(2)18-22-16(28-24-18)11-17(27)26-9-7-14(8-10-26)20-23-19(25-29-20)13-3-5-15(21)6-4-13/h3-6,12,14H,7-11H2,1-2H3. The summed E-state index contributed by atoms with van der Waals surface area (Å²) in [6.45, 7) is 5.15. The molecule has 1 fully saturated rings. The average Bonchev–Trinajstić information content (AvgIpc) is 3.39. The molecule has 4 rings (SSSR count). The van der Waals surface area contributed by atoms with Crippen molar-refractivity contribution in [2.75, 3.05) is 13.1 Å². The first kappa shape index (κ1) is 19.2. The van der Waals surface area contributed by atoms with Crippen LogP contribution in [0.5, 0.6) is 0 Å². The van der Waals surface area contributed by atoms with Crippen LogP contribution in [-0.2, 0) is 11.2 Å². The summed E-state index contributed by atoms with van der Waals surface area (Å²) in [6, 6.07) is 5.97. The van der Waals surface area contributed by atoms with Crippen molar-refractivity contribution in [1.82, 2.24) is 25.2 Å². The first-order chi connectivity index (χ1) is 14.0. The van der Waals surface area contributed by atoms with Gasteiger partial charge in [-0.05, 0) is 37.1 Å². The van der Waals surface area contributed by atoms with Gasteiger partial charge in [0, 0.05) is 30.5 Å². The first-order valence-electron chi connectivity index (χ1n) is 9.69. The van der Waals surface area contributed by atoms with Gasteiger partial charge in [0.2, 0.25) is 23.5 Å². The van der Waals surface area contributed by atoms with Crippen LogP contribution in [0, 0.1) is 5.82 Å². The molecule has 0 N–H and O–H groups in total. The van der Waals surface area contributed by atoms with Crippen molar-refractivity contribution < 1.29 is 18.2 Å². The van der Waals surface area contributed by atoms with E-state index in [4.69, 9.17) is 9.05 Å². The number of hydrogen-bond acceptors (Lipinski definition) is 7.